The van der Waals surface area contributed by atoms with Gasteiger partial charge in [0.25, 0.3) is 0 Å². The average Bonchev–Trinajstić information content (AvgIpc) is 2.08. The molecule has 0 aliphatic heterocycles. The molecular weight excluding hydrogens is 259 g/mol. The lowest BCUT2D eigenvalue weighted by Gasteiger charge is -2.17. The van der Waals surface area contributed by atoms with E-state index in [2.05, 4.69) is 20.9 Å². The van der Waals surface area contributed by atoms with Gasteiger partial charge < -0.3 is 5.73 Å². The van der Waals surface area contributed by atoms with Crippen LogP contribution in [0, 0.1) is 11.2 Å². The fraction of sp³-hybridized carbons (Fsp3) is 0.364. The molecule has 0 amide bonds. The Bertz CT molecular complexity index is 394. The summed E-state index contributed by atoms with van der Waals surface area (Å²) in [7, 11) is 0. The molecule has 4 heteroatoms. The number of aliphatic imine (C=N–C) groups is 1. The molecule has 1 aromatic rings. The highest BCUT2D eigenvalue weighted by atomic mass is 79.9. The molecule has 0 aromatic heterocycles. The van der Waals surface area contributed by atoms with Crippen molar-refractivity contribution in [3.8, 4) is 0 Å². The molecule has 0 fully saturated rings. The van der Waals surface area contributed by atoms with Gasteiger partial charge in [0, 0.05) is 9.89 Å². The molecule has 2 nitrogen and oxygen atoms in total. The Morgan fingerprint density at radius 2 is 2.00 bits per heavy atom. The maximum Gasteiger partial charge on any atom is 0.149 e. The summed E-state index contributed by atoms with van der Waals surface area (Å²) < 4.78 is 14.1. The zero-order valence-electron chi connectivity index (χ0n) is 9.01. The molecule has 82 valence electrons. The van der Waals surface area contributed by atoms with Crippen LogP contribution in [0.1, 0.15) is 20.8 Å². The molecule has 0 aliphatic rings. The maximum absolute atomic E-state index is 13.4. The van der Waals surface area contributed by atoms with Crippen molar-refractivity contribution in [3.63, 3.8) is 0 Å². The summed E-state index contributed by atoms with van der Waals surface area (Å²) in [6, 6.07) is 4.70. The fourth-order valence-electron chi connectivity index (χ4n) is 0.869. The number of rotatable bonds is 1. The third kappa shape index (κ3) is 3.30. The van der Waals surface area contributed by atoms with Crippen LogP contribution >= 0.6 is 15.9 Å². The van der Waals surface area contributed by atoms with E-state index in [-0.39, 0.29) is 16.9 Å². The standard InChI is InChI=1S/C11H14BrFN2/c1-11(2,3)10(14)15-9-5-4-7(12)6-8(9)13/h4-6H,1-3H3,(H2,14,15). The topological polar surface area (TPSA) is 38.4 Å². The lowest BCUT2D eigenvalue weighted by atomic mass is 9.95. The predicted octanol–water partition coefficient (Wildman–Crippen LogP) is 3.62. The first-order chi connectivity index (χ1) is 6.80. The third-order valence-corrected chi connectivity index (χ3v) is 2.41. The van der Waals surface area contributed by atoms with Gasteiger partial charge in [-0.05, 0) is 18.2 Å². The van der Waals surface area contributed by atoms with E-state index in [1.807, 2.05) is 20.8 Å². The summed E-state index contributed by atoms with van der Waals surface area (Å²) >= 11 is 3.18. The summed E-state index contributed by atoms with van der Waals surface area (Å²) in [5.41, 5.74) is 5.78. The van der Waals surface area contributed by atoms with E-state index >= 15 is 0 Å². The molecule has 0 heterocycles. The van der Waals surface area contributed by atoms with Gasteiger partial charge in [-0.3, -0.25) is 0 Å². The Labute approximate surface area is 97.5 Å². The summed E-state index contributed by atoms with van der Waals surface area (Å²) in [6.07, 6.45) is 0. The number of amidine groups is 1. The first-order valence-corrected chi connectivity index (χ1v) is 5.39. The second kappa shape index (κ2) is 4.31. The molecule has 15 heavy (non-hydrogen) atoms. The molecular formula is C11H14BrFN2. The van der Waals surface area contributed by atoms with Crippen LogP contribution in [0.3, 0.4) is 0 Å². The fourth-order valence-corrected chi connectivity index (χ4v) is 1.20. The minimum atomic E-state index is -0.378. The van der Waals surface area contributed by atoms with E-state index in [1.54, 1.807) is 12.1 Å². The Morgan fingerprint density at radius 1 is 1.40 bits per heavy atom. The quantitative estimate of drug-likeness (QED) is 0.616. The van der Waals surface area contributed by atoms with E-state index in [9.17, 15) is 4.39 Å². The molecule has 0 saturated carbocycles. The Balaban J connectivity index is 3.09. The lowest BCUT2D eigenvalue weighted by molar-refractivity contribution is 0.583. The first kappa shape index (κ1) is 12.2. The number of nitrogens with two attached hydrogens (primary N) is 1. The largest absolute Gasteiger partial charge is 0.387 e. The molecule has 1 rings (SSSR count). The summed E-state index contributed by atoms with van der Waals surface area (Å²) in [5, 5.41) is 0. The van der Waals surface area contributed by atoms with Gasteiger partial charge in [0.1, 0.15) is 17.3 Å². The van der Waals surface area contributed by atoms with E-state index < -0.39 is 0 Å². The molecule has 2 N–H and O–H groups in total. The number of nitrogens with zero attached hydrogens (tertiary/aromatic N) is 1. The molecule has 0 unspecified atom stereocenters. The van der Waals surface area contributed by atoms with Crippen molar-refractivity contribution in [1.29, 1.82) is 0 Å². The van der Waals surface area contributed by atoms with Gasteiger partial charge in [-0.2, -0.15) is 0 Å². The van der Waals surface area contributed by atoms with Crippen LogP contribution < -0.4 is 5.73 Å². The van der Waals surface area contributed by atoms with Crippen LogP contribution in [0.25, 0.3) is 0 Å². The van der Waals surface area contributed by atoms with Crippen LogP contribution in [0.2, 0.25) is 0 Å². The van der Waals surface area contributed by atoms with E-state index in [4.69, 9.17) is 5.73 Å². The highest BCUT2D eigenvalue weighted by Gasteiger charge is 2.16. The zero-order chi connectivity index (χ0) is 11.6. The van der Waals surface area contributed by atoms with Crippen LogP contribution in [-0.4, -0.2) is 5.84 Å². The summed E-state index contributed by atoms with van der Waals surface area (Å²) in [4.78, 5) is 4.07. The molecule has 0 atom stereocenters. The first-order valence-electron chi connectivity index (χ1n) is 4.60. The average molecular weight is 273 g/mol. The van der Waals surface area contributed by atoms with Gasteiger partial charge >= 0.3 is 0 Å². The Kier molecular flexibility index (Phi) is 3.50. The van der Waals surface area contributed by atoms with Crippen LogP contribution in [0.5, 0.6) is 0 Å². The van der Waals surface area contributed by atoms with Gasteiger partial charge in [-0.1, -0.05) is 36.7 Å². The van der Waals surface area contributed by atoms with Gasteiger partial charge in [0.2, 0.25) is 0 Å². The SMILES string of the molecule is CC(C)(C)C(N)=Nc1ccc(Br)cc1F. The predicted molar refractivity (Wildman–Crippen MR) is 64.8 cm³/mol. The Hall–Kier alpha value is -0.900. The molecule has 0 bridgehead atoms. The van der Waals surface area contributed by atoms with Crippen molar-refractivity contribution in [3.05, 3.63) is 28.5 Å². The van der Waals surface area contributed by atoms with E-state index in [0.29, 0.717) is 10.3 Å². The molecule has 0 saturated heterocycles. The summed E-state index contributed by atoms with van der Waals surface area (Å²) in [5.74, 6) is 0.0419. The second-order valence-electron chi connectivity index (χ2n) is 4.34. The van der Waals surface area contributed by atoms with Crippen molar-refractivity contribution in [2.75, 3.05) is 0 Å². The van der Waals surface area contributed by atoms with Gasteiger partial charge in [0.15, 0.2) is 0 Å². The highest BCUT2D eigenvalue weighted by molar-refractivity contribution is 9.10. The van der Waals surface area contributed by atoms with Crippen molar-refractivity contribution in [1.82, 2.24) is 0 Å². The number of benzene rings is 1. The second-order valence-corrected chi connectivity index (χ2v) is 5.26. The maximum atomic E-state index is 13.4. The van der Waals surface area contributed by atoms with Gasteiger partial charge in [-0.15, -0.1) is 0 Å². The molecule has 0 radical (unpaired) electrons. The van der Waals surface area contributed by atoms with Crippen LogP contribution in [0.4, 0.5) is 10.1 Å². The van der Waals surface area contributed by atoms with Crippen molar-refractivity contribution in [2.45, 2.75) is 20.8 Å². The smallest absolute Gasteiger partial charge is 0.149 e. The normalized spacial score (nSPS) is 13.0. The van der Waals surface area contributed by atoms with E-state index in [0.717, 1.165) is 0 Å². The number of halogens is 2. The highest BCUT2D eigenvalue weighted by Crippen LogP contribution is 2.24. The lowest BCUT2D eigenvalue weighted by Crippen LogP contribution is -2.28. The van der Waals surface area contributed by atoms with Crippen molar-refractivity contribution < 1.29 is 4.39 Å². The minimum absolute atomic E-state index is 0.250. The number of hydrogen-bond donors (Lipinski definition) is 1. The van der Waals surface area contributed by atoms with Crippen molar-refractivity contribution >= 4 is 27.5 Å². The third-order valence-electron chi connectivity index (χ3n) is 1.92. The van der Waals surface area contributed by atoms with Crippen LogP contribution in [0.15, 0.2) is 27.7 Å². The van der Waals surface area contributed by atoms with Gasteiger partial charge in [-0.25, -0.2) is 9.38 Å². The van der Waals surface area contributed by atoms with Crippen molar-refractivity contribution in [2.24, 2.45) is 16.1 Å². The monoisotopic (exact) mass is 272 g/mol. The van der Waals surface area contributed by atoms with Gasteiger partial charge in [0.05, 0.1) is 0 Å². The molecule has 1 aromatic carbocycles. The molecule has 0 spiro atoms. The molecule has 0 aliphatic carbocycles. The van der Waals surface area contributed by atoms with Crippen LogP contribution in [-0.2, 0) is 0 Å². The summed E-state index contributed by atoms with van der Waals surface area (Å²) in [6.45, 7) is 5.80. The zero-order valence-corrected chi connectivity index (χ0v) is 10.6. The Morgan fingerprint density at radius 3 is 2.47 bits per heavy atom. The van der Waals surface area contributed by atoms with E-state index in [1.165, 1.54) is 6.07 Å². The minimum Gasteiger partial charge on any atom is -0.387 e. The number of hydrogen-bond acceptors (Lipinski definition) is 1.